The van der Waals surface area contributed by atoms with Crippen LogP contribution < -0.4 is 19.3 Å². The maximum absolute atomic E-state index is 13.8. The lowest BCUT2D eigenvalue weighted by Gasteiger charge is -2.36. The second-order valence-corrected chi connectivity index (χ2v) is 10.2. The molecule has 6 nitrogen and oxygen atoms in total. The van der Waals surface area contributed by atoms with Gasteiger partial charge in [-0.1, -0.05) is 42.3 Å². The van der Waals surface area contributed by atoms with E-state index in [-0.39, 0.29) is 10.7 Å². The number of aryl methyl sites for hydroxylation is 2. The molecular weight excluding hydrogens is 599 g/mol. The zero-order valence-electron chi connectivity index (χ0n) is 21.1. The molecule has 1 saturated heterocycles. The van der Waals surface area contributed by atoms with Gasteiger partial charge in [-0.2, -0.15) is 0 Å². The van der Waals surface area contributed by atoms with Crippen molar-refractivity contribution in [3.8, 4) is 11.5 Å². The lowest BCUT2D eigenvalue weighted by Crippen LogP contribution is -2.56. The molecule has 3 aromatic carbocycles. The Labute approximate surface area is 236 Å². The van der Waals surface area contributed by atoms with Crippen molar-refractivity contribution in [3.05, 3.63) is 86.5 Å². The predicted octanol–water partition coefficient (Wildman–Crippen LogP) is 6.45. The Morgan fingerprint density at radius 3 is 1.86 bits per heavy atom. The summed E-state index contributed by atoms with van der Waals surface area (Å²) in [5.41, 5.74) is 3.91. The van der Waals surface area contributed by atoms with Crippen molar-refractivity contribution in [1.82, 2.24) is 0 Å². The lowest BCUT2D eigenvalue weighted by atomic mass is 10.0. The first kappa shape index (κ1) is 26.8. The summed E-state index contributed by atoms with van der Waals surface area (Å²) in [4.78, 5) is 30.4. The highest BCUT2D eigenvalue weighted by Crippen LogP contribution is 2.36. The Hall–Kier alpha value is -3.24. The molecule has 1 heterocycles. The number of nitrogens with zero attached hydrogens (tertiary/aromatic N) is 2. The van der Waals surface area contributed by atoms with Gasteiger partial charge in [0.15, 0.2) is 16.6 Å². The van der Waals surface area contributed by atoms with E-state index in [4.69, 9.17) is 21.7 Å². The minimum Gasteiger partial charge on any atom is -0.493 e. The van der Waals surface area contributed by atoms with Gasteiger partial charge in [-0.05, 0) is 103 Å². The highest BCUT2D eigenvalue weighted by atomic mass is 127. The van der Waals surface area contributed by atoms with Gasteiger partial charge < -0.3 is 9.47 Å². The van der Waals surface area contributed by atoms with Crippen molar-refractivity contribution in [2.24, 2.45) is 0 Å². The fraction of sp³-hybridized carbons (Fsp3) is 0.207. The van der Waals surface area contributed by atoms with Gasteiger partial charge in [0.25, 0.3) is 11.8 Å². The SMILES string of the molecule is CCCOc1c(I)cc(C=C2C(=O)N(c3ccc(C)cc3)C(=S)N(c3ccc(C)cc3)C2=O)cc1OC. The highest BCUT2D eigenvalue weighted by molar-refractivity contribution is 14.1. The van der Waals surface area contributed by atoms with E-state index in [1.807, 2.05) is 75.4 Å². The van der Waals surface area contributed by atoms with Gasteiger partial charge in [-0.3, -0.25) is 19.4 Å². The first-order valence-electron chi connectivity index (χ1n) is 11.8. The van der Waals surface area contributed by atoms with Crippen LogP contribution in [0.1, 0.15) is 30.0 Å². The maximum atomic E-state index is 13.8. The number of hydrogen-bond donors (Lipinski definition) is 0. The number of halogens is 1. The van der Waals surface area contributed by atoms with E-state index in [2.05, 4.69) is 22.6 Å². The number of carbonyl (C=O) groups excluding carboxylic acids is 2. The Morgan fingerprint density at radius 2 is 1.41 bits per heavy atom. The van der Waals surface area contributed by atoms with Crippen molar-refractivity contribution in [1.29, 1.82) is 0 Å². The molecule has 0 radical (unpaired) electrons. The van der Waals surface area contributed by atoms with Gasteiger partial charge in [0, 0.05) is 0 Å². The smallest absolute Gasteiger partial charge is 0.270 e. The first-order valence-corrected chi connectivity index (χ1v) is 13.3. The molecule has 3 aromatic rings. The van der Waals surface area contributed by atoms with Gasteiger partial charge >= 0.3 is 0 Å². The first-order chi connectivity index (χ1) is 17.7. The lowest BCUT2D eigenvalue weighted by molar-refractivity contribution is -0.120. The number of benzene rings is 3. The minimum atomic E-state index is -0.484. The van der Waals surface area contributed by atoms with E-state index in [1.165, 1.54) is 9.80 Å². The molecule has 0 spiro atoms. The zero-order valence-corrected chi connectivity index (χ0v) is 24.1. The van der Waals surface area contributed by atoms with Crippen LogP contribution in [0.2, 0.25) is 0 Å². The standard InChI is InChI=1S/C29H27IN2O4S/c1-5-14-36-26-24(30)16-20(17-25(26)35-4)15-23-27(33)31(21-10-6-18(2)7-11-21)29(37)32(28(23)34)22-12-8-19(3)9-13-22/h6-13,15-17H,5,14H2,1-4H3. The topological polar surface area (TPSA) is 59.1 Å². The summed E-state index contributed by atoms with van der Waals surface area (Å²) in [7, 11) is 1.56. The summed E-state index contributed by atoms with van der Waals surface area (Å²) in [5, 5.41) is 0.107. The fourth-order valence-electron chi connectivity index (χ4n) is 3.91. The van der Waals surface area contributed by atoms with Gasteiger partial charge in [0.1, 0.15) is 5.57 Å². The number of methoxy groups -OCH3 is 1. The monoisotopic (exact) mass is 626 g/mol. The summed E-state index contributed by atoms with van der Waals surface area (Å²) in [6.07, 6.45) is 2.45. The van der Waals surface area contributed by atoms with Gasteiger partial charge in [-0.25, -0.2) is 0 Å². The van der Waals surface area contributed by atoms with E-state index >= 15 is 0 Å². The summed E-state index contributed by atoms with van der Waals surface area (Å²) >= 11 is 7.88. The molecule has 1 aliphatic heterocycles. The molecule has 0 aromatic heterocycles. The van der Waals surface area contributed by atoms with Crippen LogP contribution in [0.25, 0.3) is 6.08 Å². The van der Waals surface area contributed by atoms with Gasteiger partial charge in [0.05, 0.1) is 28.7 Å². The van der Waals surface area contributed by atoms with Crippen LogP contribution >= 0.6 is 34.8 Å². The Morgan fingerprint density at radius 1 is 0.892 bits per heavy atom. The molecule has 37 heavy (non-hydrogen) atoms. The number of amides is 2. The quantitative estimate of drug-likeness (QED) is 0.131. The second-order valence-electron chi connectivity index (χ2n) is 8.68. The van der Waals surface area contributed by atoms with Crippen LogP contribution in [-0.2, 0) is 9.59 Å². The molecule has 190 valence electrons. The van der Waals surface area contributed by atoms with Crippen LogP contribution in [0.3, 0.4) is 0 Å². The minimum absolute atomic E-state index is 0.00479. The van der Waals surface area contributed by atoms with E-state index in [1.54, 1.807) is 19.3 Å². The predicted molar refractivity (Wildman–Crippen MR) is 159 cm³/mol. The summed E-state index contributed by atoms with van der Waals surface area (Å²) in [6.45, 7) is 6.52. The van der Waals surface area contributed by atoms with E-state index in [0.717, 1.165) is 21.1 Å². The van der Waals surface area contributed by atoms with Crippen LogP contribution in [-0.4, -0.2) is 30.6 Å². The second kappa shape index (κ2) is 11.4. The Kier molecular flexibility index (Phi) is 8.29. The van der Waals surface area contributed by atoms with Gasteiger partial charge in [0.2, 0.25) is 0 Å². The Balaban J connectivity index is 1.85. The van der Waals surface area contributed by atoms with Crippen molar-refractivity contribution >= 4 is 69.2 Å². The van der Waals surface area contributed by atoms with Crippen LogP contribution in [0.15, 0.2) is 66.2 Å². The number of anilines is 2. The Bertz CT molecular complexity index is 1310. The maximum Gasteiger partial charge on any atom is 0.270 e. The summed E-state index contributed by atoms with van der Waals surface area (Å²) in [5.74, 6) is 0.200. The van der Waals surface area contributed by atoms with Crippen molar-refractivity contribution in [3.63, 3.8) is 0 Å². The van der Waals surface area contributed by atoms with Crippen LogP contribution in [0.5, 0.6) is 11.5 Å². The third kappa shape index (κ3) is 5.55. The third-order valence-electron chi connectivity index (χ3n) is 5.85. The molecule has 8 heteroatoms. The van der Waals surface area contributed by atoms with Crippen LogP contribution in [0, 0.1) is 17.4 Å². The van der Waals surface area contributed by atoms with Crippen LogP contribution in [0.4, 0.5) is 11.4 Å². The average molecular weight is 627 g/mol. The molecular formula is C29H27IN2O4S. The molecule has 1 aliphatic rings. The van der Waals surface area contributed by atoms with E-state index < -0.39 is 11.8 Å². The summed E-state index contributed by atoms with van der Waals surface area (Å²) < 4.78 is 12.2. The molecule has 0 N–H and O–H groups in total. The molecule has 1 fully saturated rings. The number of hydrogen-bond acceptors (Lipinski definition) is 5. The molecule has 0 aliphatic carbocycles. The van der Waals surface area contributed by atoms with Crippen molar-refractivity contribution < 1.29 is 19.1 Å². The molecule has 0 unspecified atom stereocenters. The van der Waals surface area contributed by atoms with E-state index in [9.17, 15) is 9.59 Å². The molecule has 0 saturated carbocycles. The van der Waals surface area contributed by atoms with Gasteiger partial charge in [-0.15, -0.1) is 0 Å². The fourth-order valence-corrected chi connectivity index (χ4v) is 5.06. The summed E-state index contributed by atoms with van der Waals surface area (Å²) in [6, 6.07) is 18.6. The molecule has 4 rings (SSSR count). The molecule has 0 bridgehead atoms. The normalized spacial score (nSPS) is 13.8. The highest BCUT2D eigenvalue weighted by Gasteiger charge is 2.41. The van der Waals surface area contributed by atoms with Crippen molar-refractivity contribution in [2.75, 3.05) is 23.5 Å². The number of thiocarbonyl (C=S) groups is 1. The zero-order chi connectivity index (χ0) is 26.7. The van der Waals surface area contributed by atoms with Crippen molar-refractivity contribution in [2.45, 2.75) is 27.2 Å². The average Bonchev–Trinajstić information content (AvgIpc) is 2.88. The largest absolute Gasteiger partial charge is 0.493 e. The third-order valence-corrected chi connectivity index (χ3v) is 7.01. The number of ether oxygens (including phenoxy) is 2. The van der Waals surface area contributed by atoms with E-state index in [0.29, 0.717) is 35.0 Å². The number of rotatable bonds is 7. The molecule has 2 amide bonds. The number of carbonyl (C=O) groups is 2. The molecule has 0 atom stereocenters.